The number of hydrogen-bond acceptors (Lipinski definition) is 6. The highest BCUT2D eigenvalue weighted by molar-refractivity contribution is 5.94. The van der Waals surface area contributed by atoms with Gasteiger partial charge in [-0.05, 0) is 18.6 Å². The van der Waals surface area contributed by atoms with Crippen molar-refractivity contribution in [2.24, 2.45) is 0 Å². The summed E-state index contributed by atoms with van der Waals surface area (Å²) in [4.78, 5) is 19.8. The number of nitrogens with zero attached hydrogens (tertiary/aromatic N) is 3. The predicted octanol–water partition coefficient (Wildman–Crippen LogP) is 1.33. The lowest BCUT2D eigenvalue weighted by Gasteiger charge is -2.33. The minimum Gasteiger partial charge on any atom is -0.390 e. The molecule has 2 atom stereocenters. The lowest BCUT2D eigenvalue weighted by molar-refractivity contribution is -0.141. The van der Waals surface area contributed by atoms with Gasteiger partial charge < -0.3 is 20.8 Å². The van der Waals surface area contributed by atoms with Crippen LogP contribution in [0.1, 0.15) is 22.5 Å². The van der Waals surface area contributed by atoms with E-state index in [9.17, 15) is 28.2 Å². The average Bonchev–Trinajstić information content (AvgIpc) is 2.64. The normalized spacial score (nSPS) is 19.8. The molecule has 2 heterocycles. The monoisotopic (exact) mass is 384 g/mol. The standard InChI is InChI=1S/C12H15NO3.C5H4F3N3/c14-10-6-7-13(8-11(10)15)12(16)9-4-2-1-3-5-9;6-5(7,8)3-1-10-2-4(9)11-3/h1-5,10-11,14-15H,6-8H2;1-2H,(H2,9,11). The number of anilines is 1. The molecule has 0 bridgehead atoms. The number of benzene rings is 1. The minimum absolute atomic E-state index is 0.0912. The zero-order valence-corrected chi connectivity index (χ0v) is 14.2. The van der Waals surface area contributed by atoms with E-state index in [-0.39, 0.29) is 18.3 Å². The Kier molecular flexibility index (Phi) is 6.70. The van der Waals surface area contributed by atoms with Crippen molar-refractivity contribution in [3.05, 3.63) is 54.0 Å². The van der Waals surface area contributed by atoms with Gasteiger partial charge in [-0.25, -0.2) is 4.98 Å². The molecule has 1 aliphatic heterocycles. The van der Waals surface area contributed by atoms with Crippen LogP contribution in [0.2, 0.25) is 0 Å². The van der Waals surface area contributed by atoms with Gasteiger partial charge in [0.15, 0.2) is 5.69 Å². The Morgan fingerprint density at radius 3 is 2.33 bits per heavy atom. The van der Waals surface area contributed by atoms with E-state index in [4.69, 9.17) is 5.73 Å². The molecule has 27 heavy (non-hydrogen) atoms. The van der Waals surface area contributed by atoms with Crippen molar-refractivity contribution in [3.8, 4) is 0 Å². The lowest BCUT2D eigenvalue weighted by Crippen LogP contribution is -2.48. The summed E-state index contributed by atoms with van der Waals surface area (Å²) < 4.78 is 35.4. The van der Waals surface area contributed by atoms with Crippen LogP contribution in [-0.4, -0.2) is 56.3 Å². The molecular weight excluding hydrogens is 365 g/mol. The van der Waals surface area contributed by atoms with Crippen LogP contribution in [0.15, 0.2) is 42.7 Å². The molecule has 2 unspecified atom stereocenters. The van der Waals surface area contributed by atoms with E-state index in [0.29, 0.717) is 24.7 Å². The summed E-state index contributed by atoms with van der Waals surface area (Å²) in [6.07, 6.45) is -3.91. The maximum absolute atomic E-state index is 12.0. The van der Waals surface area contributed by atoms with Crippen LogP contribution in [0.3, 0.4) is 0 Å². The number of carbonyl (C=O) groups excluding carboxylic acids is 1. The quantitative estimate of drug-likeness (QED) is 0.684. The number of halogens is 3. The number of aliphatic hydroxyl groups excluding tert-OH is 2. The van der Waals surface area contributed by atoms with Crippen molar-refractivity contribution in [1.82, 2.24) is 14.9 Å². The van der Waals surface area contributed by atoms with Gasteiger partial charge in [0.25, 0.3) is 5.91 Å². The molecule has 0 radical (unpaired) electrons. The number of aliphatic hydroxyl groups is 2. The number of β-amino-alcohol motifs (C(OH)–C–C–N with tert-alkyl or cyclic N) is 1. The third-order valence-corrected chi connectivity index (χ3v) is 3.80. The molecule has 1 fully saturated rings. The maximum Gasteiger partial charge on any atom is 0.434 e. The Hall–Kier alpha value is -2.72. The molecule has 0 spiro atoms. The fraction of sp³-hybridized carbons (Fsp3) is 0.353. The van der Waals surface area contributed by atoms with Gasteiger partial charge in [0.1, 0.15) is 5.82 Å². The molecule has 7 nitrogen and oxygen atoms in total. The first-order chi connectivity index (χ1) is 12.7. The van der Waals surface area contributed by atoms with E-state index < -0.39 is 24.1 Å². The summed E-state index contributed by atoms with van der Waals surface area (Å²) in [7, 11) is 0. The van der Waals surface area contributed by atoms with E-state index in [1.807, 2.05) is 18.2 Å². The molecule has 2 aromatic rings. The fourth-order valence-electron chi connectivity index (χ4n) is 2.38. The van der Waals surface area contributed by atoms with Crippen molar-refractivity contribution in [2.75, 3.05) is 18.8 Å². The molecule has 0 aliphatic carbocycles. The second kappa shape index (κ2) is 8.78. The van der Waals surface area contributed by atoms with Crippen molar-refractivity contribution in [2.45, 2.75) is 24.8 Å². The third-order valence-electron chi connectivity index (χ3n) is 3.80. The Bertz CT molecular complexity index is 759. The molecule has 0 saturated carbocycles. The Morgan fingerprint density at radius 1 is 1.15 bits per heavy atom. The zero-order chi connectivity index (χ0) is 20.0. The Balaban J connectivity index is 0.000000208. The molecule has 1 aromatic carbocycles. The highest BCUT2D eigenvalue weighted by Crippen LogP contribution is 2.26. The van der Waals surface area contributed by atoms with Gasteiger partial charge in [0, 0.05) is 18.7 Å². The summed E-state index contributed by atoms with van der Waals surface area (Å²) in [5.74, 6) is -0.327. The molecule has 1 aliphatic rings. The van der Waals surface area contributed by atoms with Gasteiger partial charge in [-0.3, -0.25) is 9.78 Å². The molecule has 3 rings (SSSR count). The van der Waals surface area contributed by atoms with Crippen LogP contribution in [0.5, 0.6) is 0 Å². The van der Waals surface area contributed by atoms with Crippen LogP contribution in [0.4, 0.5) is 19.0 Å². The Morgan fingerprint density at radius 2 is 1.81 bits per heavy atom. The lowest BCUT2D eigenvalue weighted by atomic mass is 10.0. The number of nitrogen functional groups attached to an aromatic ring is 1. The number of piperidine rings is 1. The largest absolute Gasteiger partial charge is 0.434 e. The van der Waals surface area contributed by atoms with Crippen molar-refractivity contribution < 1.29 is 28.2 Å². The summed E-state index contributed by atoms with van der Waals surface area (Å²) in [6.45, 7) is 0.695. The average molecular weight is 384 g/mol. The van der Waals surface area contributed by atoms with Crippen LogP contribution in [0, 0.1) is 0 Å². The summed E-state index contributed by atoms with van der Waals surface area (Å²) >= 11 is 0. The summed E-state index contributed by atoms with van der Waals surface area (Å²) in [5.41, 5.74) is 4.53. The van der Waals surface area contributed by atoms with Gasteiger partial charge in [-0.2, -0.15) is 13.2 Å². The highest BCUT2D eigenvalue weighted by atomic mass is 19.4. The zero-order valence-electron chi connectivity index (χ0n) is 14.2. The maximum atomic E-state index is 12.0. The first kappa shape index (κ1) is 20.6. The number of carbonyl (C=O) groups is 1. The van der Waals surface area contributed by atoms with Crippen LogP contribution in [0.25, 0.3) is 0 Å². The molecule has 1 saturated heterocycles. The molecule has 146 valence electrons. The van der Waals surface area contributed by atoms with Crippen LogP contribution in [-0.2, 0) is 6.18 Å². The number of rotatable bonds is 1. The van der Waals surface area contributed by atoms with E-state index in [0.717, 1.165) is 6.20 Å². The SMILES string of the molecule is Nc1cncc(C(F)(F)F)n1.O=C(c1ccccc1)N1CCC(O)C(O)C1. The number of aromatic nitrogens is 2. The number of likely N-dealkylation sites (tertiary alicyclic amines) is 1. The summed E-state index contributed by atoms with van der Waals surface area (Å²) in [5, 5.41) is 18.9. The predicted molar refractivity (Wildman–Crippen MR) is 90.4 cm³/mol. The molecule has 10 heteroatoms. The fourth-order valence-corrected chi connectivity index (χ4v) is 2.38. The number of alkyl halides is 3. The smallest absolute Gasteiger partial charge is 0.390 e. The van der Waals surface area contributed by atoms with Gasteiger partial charge >= 0.3 is 6.18 Å². The molecule has 1 amide bonds. The Labute approximate surface area is 153 Å². The van der Waals surface area contributed by atoms with E-state index in [1.54, 1.807) is 17.0 Å². The molecule has 1 aromatic heterocycles. The van der Waals surface area contributed by atoms with Crippen molar-refractivity contribution in [1.29, 1.82) is 0 Å². The molecular formula is C17H19F3N4O3. The number of nitrogens with two attached hydrogens (primary N) is 1. The third kappa shape index (κ3) is 5.90. The van der Waals surface area contributed by atoms with Crippen LogP contribution >= 0.6 is 0 Å². The first-order valence-electron chi connectivity index (χ1n) is 8.03. The van der Waals surface area contributed by atoms with Gasteiger partial charge in [-0.1, -0.05) is 18.2 Å². The summed E-state index contributed by atoms with van der Waals surface area (Å²) in [6, 6.07) is 8.97. The first-order valence-corrected chi connectivity index (χ1v) is 8.03. The van der Waals surface area contributed by atoms with E-state index >= 15 is 0 Å². The number of amides is 1. The highest BCUT2D eigenvalue weighted by Gasteiger charge is 2.33. The molecule has 4 N–H and O–H groups in total. The minimum atomic E-state index is -4.47. The van der Waals surface area contributed by atoms with Gasteiger partial charge in [0.05, 0.1) is 24.6 Å². The second-order valence-corrected chi connectivity index (χ2v) is 5.87. The second-order valence-electron chi connectivity index (χ2n) is 5.87. The van der Waals surface area contributed by atoms with Gasteiger partial charge in [-0.15, -0.1) is 0 Å². The van der Waals surface area contributed by atoms with E-state index in [2.05, 4.69) is 9.97 Å². The van der Waals surface area contributed by atoms with Crippen LogP contribution < -0.4 is 5.73 Å². The van der Waals surface area contributed by atoms with E-state index in [1.165, 1.54) is 0 Å². The van der Waals surface area contributed by atoms with Gasteiger partial charge in [0.2, 0.25) is 0 Å². The topological polar surface area (TPSA) is 113 Å². The number of hydrogen-bond donors (Lipinski definition) is 3. The van der Waals surface area contributed by atoms with Crippen molar-refractivity contribution in [3.63, 3.8) is 0 Å². The van der Waals surface area contributed by atoms with Crippen molar-refractivity contribution >= 4 is 11.7 Å².